The molecule has 0 spiro atoms. The Hall–Kier alpha value is -3.36. The molecule has 156 valence electrons. The lowest BCUT2D eigenvalue weighted by Crippen LogP contribution is -2.52. The SMILES string of the molecule is Cc1cc(C)nc(NC2CCCN(C(=O)c3ccc(F)cc3-n3nccn3)[C@H]2C)n1. The first-order valence-corrected chi connectivity index (χ1v) is 9.98. The third-order valence-electron chi connectivity index (χ3n) is 5.37. The fourth-order valence-electron chi connectivity index (χ4n) is 3.93. The second-order valence-corrected chi connectivity index (χ2v) is 7.59. The standard InChI is InChI=1S/C21H24FN7O/c1-13-11-14(2)26-21(25-13)27-18-5-4-10-28(15(18)3)20(30)17-7-6-16(22)12-19(17)29-23-8-9-24-29/h6-9,11-12,15,18H,4-5,10H2,1-3H3,(H,25,26,27)/t15-,18?/m0/s1. The highest BCUT2D eigenvalue weighted by molar-refractivity contribution is 5.98. The third kappa shape index (κ3) is 4.00. The molecule has 3 heterocycles. The van der Waals surface area contributed by atoms with E-state index in [9.17, 15) is 9.18 Å². The van der Waals surface area contributed by atoms with Crippen molar-refractivity contribution in [2.75, 3.05) is 11.9 Å². The maximum Gasteiger partial charge on any atom is 0.256 e. The highest BCUT2D eigenvalue weighted by Gasteiger charge is 2.33. The van der Waals surface area contributed by atoms with Crippen molar-refractivity contribution in [1.82, 2.24) is 29.9 Å². The molecule has 2 atom stereocenters. The van der Waals surface area contributed by atoms with E-state index >= 15 is 0 Å². The Morgan fingerprint density at radius 1 is 1.13 bits per heavy atom. The Labute approximate surface area is 174 Å². The van der Waals surface area contributed by atoms with E-state index in [0.717, 1.165) is 24.2 Å². The number of carbonyl (C=O) groups is 1. The van der Waals surface area contributed by atoms with Crippen LogP contribution in [-0.2, 0) is 0 Å². The summed E-state index contributed by atoms with van der Waals surface area (Å²) in [7, 11) is 0. The second kappa shape index (κ2) is 8.17. The molecule has 0 radical (unpaired) electrons. The van der Waals surface area contributed by atoms with Crippen LogP contribution in [0.15, 0.2) is 36.7 Å². The van der Waals surface area contributed by atoms with Gasteiger partial charge in [0.05, 0.1) is 18.0 Å². The molecule has 0 aliphatic carbocycles. The Kier molecular flexibility index (Phi) is 5.43. The predicted octanol–water partition coefficient (Wildman–Crippen LogP) is 2.92. The molecule has 1 N–H and O–H groups in total. The number of halogens is 1. The molecule has 1 amide bonds. The normalized spacial score (nSPS) is 19.0. The van der Waals surface area contributed by atoms with Crippen molar-refractivity contribution in [2.24, 2.45) is 0 Å². The summed E-state index contributed by atoms with van der Waals surface area (Å²) in [5, 5.41) is 11.5. The van der Waals surface area contributed by atoms with Crippen LogP contribution < -0.4 is 5.32 Å². The molecule has 3 aromatic rings. The number of amides is 1. The lowest BCUT2D eigenvalue weighted by molar-refractivity contribution is 0.0616. The van der Waals surface area contributed by atoms with E-state index in [-0.39, 0.29) is 18.0 Å². The highest BCUT2D eigenvalue weighted by atomic mass is 19.1. The molecule has 0 bridgehead atoms. The highest BCUT2D eigenvalue weighted by Crippen LogP contribution is 2.25. The molecule has 1 aliphatic rings. The minimum absolute atomic E-state index is 0.00984. The van der Waals surface area contributed by atoms with Crippen molar-refractivity contribution < 1.29 is 9.18 Å². The van der Waals surface area contributed by atoms with Gasteiger partial charge in [-0.25, -0.2) is 14.4 Å². The number of likely N-dealkylation sites (tertiary alicyclic amines) is 1. The number of hydrogen-bond acceptors (Lipinski definition) is 6. The van der Waals surface area contributed by atoms with Crippen LogP contribution >= 0.6 is 0 Å². The summed E-state index contributed by atoms with van der Waals surface area (Å²) in [5.41, 5.74) is 2.47. The van der Waals surface area contributed by atoms with Gasteiger partial charge in [-0.1, -0.05) is 0 Å². The van der Waals surface area contributed by atoms with Crippen LogP contribution in [0.5, 0.6) is 0 Å². The van der Waals surface area contributed by atoms with E-state index in [1.807, 2.05) is 31.7 Å². The van der Waals surface area contributed by atoms with Crippen LogP contribution in [0.1, 0.15) is 41.5 Å². The number of piperidine rings is 1. The van der Waals surface area contributed by atoms with E-state index in [2.05, 4.69) is 25.5 Å². The van der Waals surface area contributed by atoms with Crippen LogP contribution in [-0.4, -0.2) is 54.4 Å². The molecular weight excluding hydrogens is 385 g/mol. The van der Waals surface area contributed by atoms with Gasteiger partial charge in [-0.2, -0.15) is 15.0 Å². The summed E-state index contributed by atoms with van der Waals surface area (Å²) in [6.45, 7) is 6.49. The number of carbonyl (C=O) groups excluding carboxylic acids is 1. The molecule has 30 heavy (non-hydrogen) atoms. The van der Waals surface area contributed by atoms with Gasteiger partial charge in [0.2, 0.25) is 5.95 Å². The molecule has 1 aromatic carbocycles. The topological polar surface area (TPSA) is 88.8 Å². The summed E-state index contributed by atoms with van der Waals surface area (Å²) < 4.78 is 13.9. The lowest BCUT2D eigenvalue weighted by Gasteiger charge is -2.40. The zero-order valence-corrected chi connectivity index (χ0v) is 17.2. The van der Waals surface area contributed by atoms with E-state index in [0.29, 0.717) is 23.7 Å². The quantitative estimate of drug-likeness (QED) is 0.713. The average molecular weight is 409 g/mol. The van der Waals surface area contributed by atoms with Crippen molar-refractivity contribution in [2.45, 2.75) is 45.7 Å². The van der Waals surface area contributed by atoms with Crippen LogP contribution in [0.2, 0.25) is 0 Å². The van der Waals surface area contributed by atoms with Gasteiger partial charge in [0, 0.05) is 36.1 Å². The maximum absolute atomic E-state index is 13.9. The molecule has 1 unspecified atom stereocenters. The first-order chi connectivity index (χ1) is 14.4. The number of nitrogens with one attached hydrogen (secondary N) is 1. The number of anilines is 1. The van der Waals surface area contributed by atoms with Gasteiger partial charge < -0.3 is 10.2 Å². The monoisotopic (exact) mass is 409 g/mol. The van der Waals surface area contributed by atoms with Crippen molar-refractivity contribution in [1.29, 1.82) is 0 Å². The average Bonchev–Trinajstić information content (AvgIpc) is 3.23. The van der Waals surface area contributed by atoms with Crippen molar-refractivity contribution in [3.63, 3.8) is 0 Å². The molecule has 1 saturated heterocycles. The Morgan fingerprint density at radius 3 is 2.53 bits per heavy atom. The molecule has 1 fully saturated rings. The van der Waals surface area contributed by atoms with Gasteiger partial charge in [-0.15, -0.1) is 0 Å². The summed E-state index contributed by atoms with van der Waals surface area (Å²) in [6, 6.07) is 5.89. The fraction of sp³-hybridized carbons (Fsp3) is 0.381. The van der Waals surface area contributed by atoms with Crippen LogP contribution in [0, 0.1) is 19.7 Å². The van der Waals surface area contributed by atoms with Crippen LogP contribution in [0.3, 0.4) is 0 Å². The van der Waals surface area contributed by atoms with E-state index in [4.69, 9.17) is 0 Å². The number of benzene rings is 1. The van der Waals surface area contributed by atoms with E-state index in [1.165, 1.54) is 35.4 Å². The summed E-state index contributed by atoms with van der Waals surface area (Å²) in [5.74, 6) is -0.0541. The van der Waals surface area contributed by atoms with E-state index < -0.39 is 5.82 Å². The smallest absolute Gasteiger partial charge is 0.256 e. The number of nitrogens with zero attached hydrogens (tertiary/aromatic N) is 6. The summed E-state index contributed by atoms with van der Waals surface area (Å²) in [6.07, 6.45) is 4.73. The molecular formula is C21H24FN7O. The number of aromatic nitrogens is 5. The van der Waals surface area contributed by atoms with Crippen molar-refractivity contribution in [3.05, 3.63) is 59.4 Å². The predicted molar refractivity (Wildman–Crippen MR) is 110 cm³/mol. The molecule has 0 saturated carbocycles. The van der Waals surface area contributed by atoms with Gasteiger partial charge in [-0.05, 0) is 51.8 Å². The third-order valence-corrected chi connectivity index (χ3v) is 5.37. The van der Waals surface area contributed by atoms with Crippen LogP contribution in [0.4, 0.5) is 10.3 Å². The fourth-order valence-corrected chi connectivity index (χ4v) is 3.93. The second-order valence-electron chi connectivity index (χ2n) is 7.59. The number of hydrogen-bond donors (Lipinski definition) is 1. The zero-order chi connectivity index (χ0) is 21.3. The largest absolute Gasteiger partial charge is 0.349 e. The lowest BCUT2D eigenvalue weighted by atomic mass is 9.96. The first-order valence-electron chi connectivity index (χ1n) is 9.98. The van der Waals surface area contributed by atoms with Gasteiger partial charge in [-0.3, -0.25) is 4.79 Å². The maximum atomic E-state index is 13.9. The molecule has 4 rings (SSSR count). The summed E-state index contributed by atoms with van der Waals surface area (Å²) in [4.78, 5) is 25.4. The molecule has 2 aromatic heterocycles. The van der Waals surface area contributed by atoms with Crippen LogP contribution in [0.25, 0.3) is 5.69 Å². The number of aryl methyl sites for hydroxylation is 2. The Morgan fingerprint density at radius 2 is 1.83 bits per heavy atom. The molecule has 1 aliphatic heterocycles. The van der Waals surface area contributed by atoms with Gasteiger partial charge >= 0.3 is 0 Å². The first kappa shape index (κ1) is 19.9. The molecule has 9 heteroatoms. The molecule has 8 nitrogen and oxygen atoms in total. The van der Waals surface area contributed by atoms with Crippen molar-refractivity contribution in [3.8, 4) is 5.69 Å². The number of rotatable bonds is 4. The minimum Gasteiger partial charge on any atom is -0.349 e. The zero-order valence-electron chi connectivity index (χ0n) is 17.2. The summed E-state index contributed by atoms with van der Waals surface area (Å²) >= 11 is 0. The van der Waals surface area contributed by atoms with Gasteiger partial charge in [0.1, 0.15) is 11.5 Å². The van der Waals surface area contributed by atoms with Gasteiger partial charge in [0.25, 0.3) is 5.91 Å². The Bertz CT molecular complexity index is 1030. The van der Waals surface area contributed by atoms with Gasteiger partial charge in [0.15, 0.2) is 0 Å². The minimum atomic E-state index is -0.447. The van der Waals surface area contributed by atoms with E-state index in [1.54, 1.807) is 0 Å². The Balaban J connectivity index is 1.59. The van der Waals surface area contributed by atoms with Crippen molar-refractivity contribution >= 4 is 11.9 Å².